The Bertz CT molecular complexity index is 634. The zero-order chi connectivity index (χ0) is 13.8. The van der Waals surface area contributed by atoms with Crippen LogP contribution in [0.3, 0.4) is 0 Å². The third-order valence-corrected chi connectivity index (χ3v) is 2.35. The van der Waals surface area contributed by atoms with Gasteiger partial charge in [0.25, 0.3) is 0 Å². The molecule has 0 saturated carbocycles. The SMILES string of the molecule is CC(=O)Nc1ccccc1N=C1C=C(Cl)N=NC1=O. The van der Waals surface area contributed by atoms with Crippen LogP contribution < -0.4 is 5.32 Å². The summed E-state index contributed by atoms with van der Waals surface area (Å²) in [6.07, 6.45) is 1.32. The van der Waals surface area contributed by atoms with Gasteiger partial charge in [0.15, 0.2) is 5.16 Å². The number of benzene rings is 1. The van der Waals surface area contributed by atoms with Crippen LogP contribution in [0.25, 0.3) is 0 Å². The van der Waals surface area contributed by atoms with Crippen LogP contribution in [0.1, 0.15) is 6.92 Å². The quantitative estimate of drug-likeness (QED) is 0.843. The minimum Gasteiger partial charge on any atom is -0.324 e. The highest BCUT2D eigenvalue weighted by molar-refractivity contribution is 6.47. The molecule has 0 unspecified atom stereocenters. The Kier molecular flexibility index (Phi) is 3.82. The van der Waals surface area contributed by atoms with Crippen molar-refractivity contribution in [3.63, 3.8) is 0 Å². The van der Waals surface area contributed by atoms with Crippen molar-refractivity contribution in [3.05, 3.63) is 35.5 Å². The summed E-state index contributed by atoms with van der Waals surface area (Å²) in [5, 5.41) is 9.47. The van der Waals surface area contributed by atoms with Gasteiger partial charge in [0, 0.05) is 13.0 Å². The molecule has 2 rings (SSSR count). The number of hydrogen-bond acceptors (Lipinski definition) is 4. The molecule has 6 nitrogen and oxygen atoms in total. The van der Waals surface area contributed by atoms with Gasteiger partial charge >= 0.3 is 5.91 Å². The largest absolute Gasteiger partial charge is 0.324 e. The Hall–Kier alpha value is -2.34. The topological polar surface area (TPSA) is 83.2 Å². The minimum absolute atomic E-state index is 0.0674. The van der Waals surface area contributed by atoms with Gasteiger partial charge in [0.05, 0.1) is 11.4 Å². The molecule has 0 aromatic heterocycles. The van der Waals surface area contributed by atoms with Gasteiger partial charge in [0.1, 0.15) is 5.71 Å². The van der Waals surface area contributed by atoms with Gasteiger partial charge in [0.2, 0.25) is 5.91 Å². The van der Waals surface area contributed by atoms with Gasteiger partial charge in [-0.1, -0.05) is 23.7 Å². The van der Waals surface area contributed by atoms with Crippen molar-refractivity contribution in [1.82, 2.24) is 0 Å². The molecule has 0 aliphatic carbocycles. The number of carbonyl (C=O) groups excluding carboxylic acids is 2. The number of carbonyl (C=O) groups is 2. The maximum absolute atomic E-state index is 11.5. The molecule has 0 saturated heterocycles. The van der Waals surface area contributed by atoms with Crippen LogP contribution in [-0.4, -0.2) is 17.5 Å². The number of nitrogens with one attached hydrogen (secondary N) is 1. The standard InChI is InChI=1S/C12H9ClN4O2/c1-7(18)14-8-4-2-3-5-9(8)15-10-6-11(13)16-17-12(10)19/h2-6H,1H3,(H,14,18). The van der Waals surface area contributed by atoms with Crippen molar-refractivity contribution < 1.29 is 9.59 Å². The first-order valence-electron chi connectivity index (χ1n) is 5.35. The van der Waals surface area contributed by atoms with Gasteiger partial charge in [-0.15, -0.1) is 10.2 Å². The van der Waals surface area contributed by atoms with Crippen molar-refractivity contribution in [3.8, 4) is 0 Å². The van der Waals surface area contributed by atoms with E-state index in [0.717, 1.165) is 0 Å². The van der Waals surface area contributed by atoms with E-state index in [2.05, 4.69) is 20.5 Å². The molecule has 0 fully saturated rings. The van der Waals surface area contributed by atoms with E-state index in [1.54, 1.807) is 24.3 Å². The van der Waals surface area contributed by atoms with E-state index in [4.69, 9.17) is 11.6 Å². The summed E-state index contributed by atoms with van der Waals surface area (Å²) in [6, 6.07) is 6.84. The van der Waals surface area contributed by atoms with Crippen LogP contribution in [0.2, 0.25) is 0 Å². The lowest BCUT2D eigenvalue weighted by Gasteiger charge is -2.07. The van der Waals surface area contributed by atoms with Crippen molar-refractivity contribution >= 4 is 40.5 Å². The predicted octanol–water partition coefficient (Wildman–Crippen LogP) is 2.79. The first-order valence-corrected chi connectivity index (χ1v) is 5.72. The Labute approximate surface area is 113 Å². The highest BCUT2D eigenvalue weighted by Gasteiger charge is 2.15. The molecule has 1 aromatic rings. The third kappa shape index (κ3) is 3.32. The summed E-state index contributed by atoms with van der Waals surface area (Å²) >= 11 is 5.66. The van der Waals surface area contributed by atoms with Crippen LogP contribution in [0, 0.1) is 0 Å². The summed E-state index contributed by atoms with van der Waals surface area (Å²) in [6.45, 7) is 1.39. The maximum Gasteiger partial charge on any atom is 0.314 e. The fourth-order valence-corrected chi connectivity index (χ4v) is 1.57. The summed E-state index contributed by atoms with van der Waals surface area (Å²) in [7, 11) is 0. The Balaban J connectivity index is 2.40. The van der Waals surface area contributed by atoms with E-state index < -0.39 is 5.91 Å². The van der Waals surface area contributed by atoms with Gasteiger partial charge in [-0.05, 0) is 12.1 Å². The van der Waals surface area contributed by atoms with Gasteiger partial charge in [-0.2, -0.15) is 0 Å². The molecule has 0 atom stereocenters. The molecule has 1 aromatic carbocycles. The lowest BCUT2D eigenvalue weighted by molar-refractivity contribution is -0.114. The molecule has 1 aliphatic rings. The Morgan fingerprint density at radius 3 is 2.79 bits per heavy atom. The second kappa shape index (κ2) is 5.53. The fourth-order valence-electron chi connectivity index (χ4n) is 1.42. The number of para-hydroxylation sites is 2. The highest BCUT2D eigenvalue weighted by Crippen LogP contribution is 2.25. The Morgan fingerprint density at radius 1 is 1.32 bits per heavy atom. The summed E-state index contributed by atoms with van der Waals surface area (Å²) in [5.41, 5.74) is 1.01. The molecule has 0 radical (unpaired) electrons. The lowest BCUT2D eigenvalue weighted by Crippen LogP contribution is -2.11. The first-order chi connectivity index (χ1) is 9.06. The highest BCUT2D eigenvalue weighted by atomic mass is 35.5. The van der Waals surface area contributed by atoms with E-state index in [-0.39, 0.29) is 16.8 Å². The smallest absolute Gasteiger partial charge is 0.314 e. The number of anilines is 1. The molecule has 0 bridgehead atoms. The Morgan fingerprint density at radius 2 is 2.05 bits per heavy atom. The number of aliphatic imine (C=N–C) groups is 1. The zero-order valence-corrected chi connectivity index (χ0v) is 10.7. The summed E-state index contributed by atoms with van der Waals surface area (Å²) in [5.74, 6) is -0.807. The predicted molar refractivity (Wildman–Crippen MR) is 71.6 cm³/mol. The molecule has 96 valence electrons. The molecule has 1 heterocycles. The first kappa shape index (κ1) is 13.1. The molecular weight excluding hydrogens is 268 g/mol. The average Bonchev–Trinajstić information content (AvgIpc) is 2.35. The number of nitrogens with zero attached hydrogens (tertiary/aromatic N) is 3. The van der Waals surface area contributed by atoms with E-state index in [0.29, 0.717) is 11.4 Å². The summed E-state index contributed by atoms with van der Waals surface area (Å²) in [4.78, 5) is 26.7. The van der Waals surface area contributed by atoms with Gasteiger partial charge < -0.3 is 5.32 Å². The number of amides is 2. The van der Waals surface area contributed by atoms with Gasteiger partial charge in [-0.3, -0.25) is 9.59 Å². The van der Waals surface area contributed by atoms with Crippen LogP contribution in [0.15, 0.2) is 50.7 Å². The van der Waals surface area contributed by atoms with Crippen LogP contribution >= 0.6 is 11.6 Å². The second-order valence-corrected chi connectivity index (χ2v) is 4.05. The number of rotatable bonds is 2. The molecule has 2 amide bonds. The minimum atomic E-state index is -0.581. The van der Waals surface area contributed by atoms with Crippen molar-refractivity contribution in [1.29, 1.82) is 0 Å². The van der Waals surface area contributed by atoms with E-state index in [1.807, 2.05) is 0 Å². The number of hydrogen-bond donors (Lipinski definition) is 1. The second-order valence-electron chi connectivity index (χ2n) is 3.67. The van der Waals surface area contributed by atoms with Crippen LogP contribution in [0.5, 0.6) is 0 Å². The molecular formula is C12H9ClN4O2. The van der Waals surface area contributed by atoms with Crippen molar-refractivity contribution in [2.45, 2.75) is 6.92 Å². The van der Waals surface area contributed by atoms with E-state index in [1.165, 1.54) is 13.0 Å². The molecule has 19 heavy (non-hydrogen) atoms. The molecule has 1 aliphatic heterocycles. The molecule has 7 heteroatoms. The third-order valence-electron chi connectivity index (χ3n) is 2.17. The normalized spacial score (nSPS) is 16.4. The number of halogens is 1. The zero-order valence-electron chi connectivity index (χ0n) is 9.92. The van der Waals surface area contributed by atoms with Crippen molar-refractivity contribution in [2.75, 3.05) is 5.32 Å². The van der Waals surface area contributed by atoms with Crippen molar-refractivity contribution in [2.24, 2.45) is 15.2 Å². The van der Waals surface area contributed by atoms with Crippen LogP contribution in [-0.2, 0) is 9.59 Å². The summed E-state index contributed by atoms with van der Waals surface area (Å²) < 4.78 is 0. The maximum atomic E-state index is 11.5. The monoisotopic (exact) mass is 276 g/mol. The van der Waals surface area contributed by atoms with E-state index in [9.17, 15) is 9.59 Å². The molecule has 1 N–H and O–H groups in total. The fraction of sp³-hybridized carbons (Fsp3) is 0.0833. The number of azo groups is 1. The van der Waals surface area contributed by atoms with Crippen LogP contribution in [0.4, 0.5) is 11.4 Å². The van der Waals surface area contributed by atoms with Gasteiger partial charge in [-0.25, -0.2) is 4.99 Å². The molecule has 0 spiro atoms. The lowest BCUT2D eigenvalue weighted by atomic mass is 10.2. The van der Waals surface area contributed by atoms with E-state index >= 15 is 0 Å². The average molecular weight is 277 g/mol.